The number of hydrogen-bond acceptors (Lipinski definition) is 1. The molecule has 0 amide bonds. The summed E-state index contributed by atoms with van der Waals surface area (Å²) in [5.41, 5.74) is 5.08. The van der Waals surface area contributed by atoms with Crippen LogP contribution in [0.15, 0.2) is 42.5 Å². The molecule has 106 valence electrons. The van der Waals surface area contributed by atoms with Crippen molar-refractivity contribution in [2.45, 2.75) is 26.7 Å². The Labute approximate surface area is 126 Å². The van der Waals surface area contributed by atoms with Gasteiger partial charge in [0.05, 0.1) is 0 Å². The van der Waals surface area contributed by atoms with Crippen molar-refractivity contribution in [2.75, 3.05) is 6.61 Å². The SMILES string of the molecule is Cc1cc(C)cc(CC(CO)Cc2ccc(Cl)cc2)c1. The summed E-state index contributed by atoms with van der Waals surface area (Å²) in [4.78, 5) is 0. The molecule has 0 bridgehead atoms. The quantitative estimate of drug-likeness (QED) is 0.867. The smallest absolute Gasteiger partial charge is 0.0465 e. The molecule has 2 aromatic rings. The van der Waals surface area contributed by atoms with E-state index in [1.165, 1.54) is 22.3 Å². The van der Waals surface area contributed by atoms with Crippen LogP contribution in [0.4, 0.5) is 0 Å². The van der Waals surface area contributed by atoms with E-state index in [0.717, 1.165) is 17.9 Å². The van der Waals surface area contributed by atoms with Crippen molar-refractivity contribution in [1.82, 2.24) is 0 Å². The molecular formula is C18H21ClO. The molecule has 0 aromatic heterocycles. The Balaban J connectivity index is 2.06. The number of aliphatic hydroxyl groups is 1. The maximum atomic E-state index is 9.62. The molecule has 2 aromatic carbocycles. The minimum atomic E-state index is 0.204. The predicted octanol–water partition coefficient (Wildman–Crippen LogP) is 4.35. The standard InChI is InChI=1S/C18H21ClO/c1-13-7-14(2)9-16(8-13)11-17(12-20)10-15-3-5-18(19)6-4-15/h3-9,17,20H,10-12H2,1-2H3. The van der Waals surface area contributed by atoms with Gasteiger partial charge in [-0.05, 0) is 55.9 Å². The maximum Gasteiger partial charge on any atom is 0.0465 e. The molecule has 2 heteroatoms. The Morgan fingerprint density at radius 2 is 1.45 bits per heavy atom. The van der Waals surface area contributed by atoms with Crippen LogP contribution in [0.5, 0.6) is 0 Å². The lowest BCUT2D eigenvalue weighted by atomic mass is 9.92. The number of aliphatic hydroxyl groups excluding tert-OH is 1. The van der Waals surface area contributed by atoms with Crippen LogP contribution in [0.1, 0.15) is 22.3 Å². The predicted molar refractivity (Wildman–Crippen MR) is 85.4 cm³/mol. The molecule has 20 heavy (non-hydrogen) atoms. The fourth-order valence-electron chi connectivity index (χ4n) is 2.68. The van der Waals surface area contributed by atoms with Crippen LogP contribution in [0.3, 0.4) is 0 Å². The van der Waals surface area contributed by atoms with Gasteiger partial charge in [-0.15, -0.1) is 0 Å². The Hall–Kier alpha value is -1.31. The van der Waals surface area contributed by atoms with Crippen LogP contribution in [-0.4, -0.2) is 11.7 Å². The summed E-state index contributed by atoms with van der Waals surface area (Å²) in [6, 6.07) is 14.5. The van der Waals surface area contributed by atoms with Gasteiger partial charge in [0.1, 0.15) is 0 Å². The zero-order chi connectivity index (χ0) is 14.5. The van der Waals surface area contributed by atoms with E-state index in [-0.39, 0.29) is 12.5 Å². The summed E-state index contributed by atoms with van der Waals surface area (Å²) in [5.74, 6) is 0.248. The summed E-state index contributed by atoms with van der Waals surface area (Å²) in [7, 11) is 0. The first-order valence-corrected chi connectivity index (χ1v) is 7.37. The van der Waals surface area contributed by atoms with E-state index >= 15 is 0 Å². The van der Waals surface area contributed by atoms with Gasteiger partial charge in [-0.1, -0.05) is 53.1 Å². The molecule has 1 nitrogen and oxygen atoms in total. The summed E-state index contributed by atoms with van der Waals surface area (Å²) >= 11 is 5.90. The second-order valence-corrected chi connectivity index (χ2v) is 6.02. The molecule has 2 rings (SSSR count). The average molecular weight is 289 g/mol. The Kier molecular flexibility index (Phi) is 5.22. The molecule has 0 aliphatic heterocycles. The molecule has 0 radical (unpaired) electrons. The molecule has 1 N–H and O–H groups in total. The molecule has 0 fully saturated rings. The van der Waals surface area contributed by atoms with Crippen molar-refractivity contribution < 1.29 is 5.11 Å². The first kappa shape index (κ1) is 15.1. The minimum Gasteiger partial charge on any atom is -0.396 e. The molecule has 1 unspecified atom stereocenters. The normalized spacial score (nSPS) is 12.4. The van der Waals surface area contributed by atoms with Crippen LogP contribution >= 0.6 is 11.6 Å². The molecule has 1 atom stereocenters. The highest BCUT2D eigenvalue weighted by Crippen LogP contribution is 2.18. The van der Waals surface area contributed by atoms with E-state index in [9.17, 15) is 5.11 Å². The van der Waals surface area contributed by atoms with Crippen LogP contribution in [0, 0.1) is 19.8 Å². The number of halogens is 1. The highest BCUT2D eigenvalue weighted by atomic mass is 35.5. The molecule has 0 heterocycles. The van der Waals surface area contributed by atoms with Gasteiger partial charge in [0.2, 0.25) is 0 Å². The van der Waals surface area contributed by atoms with Crippen molar-refractivity contribution in [3.05, 3.63) is 69.7 Å². The van der Waals surface area contributed by atoms with Gasteiger partial charge in [-0.3, -0.25) is 0 Å². The highest BCUT2D eigenvalue weighted by molar-refractivity contribution is 6.30. The molecule has 0 aliphatic carbocycles. The third-order valence-corrected chi connectivity index (χ3v) is 3.75. The Morgan fingerprint density at radius 3 is 2.00 bits per heavy atom. The van der Waals surface area contributed by atoms with E-state index < -0.39 is 0 Å². The second-order valence-electron chi connectivity index (χ2n) is 5.58. The third kappa shape index (κ3) is 4.36. The molecule has 0 aliphatic rings. The van der Waals surface area contributed by atoms with E-state index in [1.807, 2.05) is 24.3 Å². The second kappa shape index (κ2) is 6.92. The van der Waals surface area contributed by atoms with E-state index in [0.29, 0.717) is 0 Å². The first-order chi connectivity index (χ1) is 9.56. The van der Waals surface area contributed by atoms with Gasteiger partial charge >= 0.3 is 0 Å². The fourth-order valence-corrected chi connectivity index (χ4v) is 2.80. The van der Waals surface area contributed by atoms with Crippen molar-refractivity contribution in [3.63, 3.8) is 0 Å². The zero-order valence-electron chi connectivity index (χ0n) is 12.1. The lowest BCUT2D eigenvalue weighted by molar-refractivity contribution is 0.225. The van der Waals surface area contributed by atoms with E-state index in [4.69, 9.17) is 11.6 Å². The lowest BCUT2D eigenvalue weighted by Crippen LogP contribution is -2.13. The minimum absolute atomic E-state index is 0.204. The molecule has 0 saturated carbocycles. The van der Waals surface area contributed by atoms with Gasteiger partial charge in [0.25, 0.3) is 0 Å². The Morgan fingerprint density at radius 1 is 0.900 bits per heavy atom. The highest BCUT2D eigenvalue weighted by Gasteiger charge is 2.10. The molecular weight excluding hydrogens is 268 g/mol. The van der Waals surface area contributed by atoms with Crippen LogP contribution in [0.2, 0.25) is 5.02 Å². The topological polar surface area (TPSA) is 20.2 Å². The third-order valence-electron chi connectivity index (χ3n) is 3.50. The van der Waals surface area contributed by atoms with Crippen molar-refractivity contribution in [1.29, 1.82) is 0 Å². The largest absolute Gasteiger partial charge is 0.396 e. The number of rotatable bonds is 5. The van der Waals surface area contributed by atoms with Crippen molar-refractivity contribution >= 4 is 11.6 Å². The van der Waals surface area contributed by atoms with Crippen LogP contribution in [-0.2, 0) is 12.8 Å². The summed E-state index contributed by atoms with van der Waals surface area (Å²) in [6.45, 7) is 4.43. The van der Waals surface area contributed by atoms with Gasteiger partial charge in [-0.2, -0.15) is 0 Å². The number of benzene rings is 2. The maximum absolute atomic E-state index is 9.62. The monoisotopic (exact) mass is 288 g/mol. The van der Waals surface area contributed by atoms with Gasteiger partial charge in [-0.25, -0.2) is 0 Å². The zero-order valence-corrected chi connectivity index (χ0v) is 12.8. The number of hydrogen-bond donors (Lipinski definition) is 1. The van der Waals surface area contributed by atoms with Gasteiger partial charge < -0.3 is 5.11 Å². The van der Waals surface area contributed by atoms with Crippen molar-refractivity contribution in [3.8, 4) is 0 Å². The molecule has 0 saturated heterocycles. The van der Waals surface area contributed by atoms with Crippen LogP contribution < -0.4 is 0 Å². The Bertz CT molecular complexity index is 540. The summed E-state index contributed by atoms with van der Waals surface area (Å²) < 4.78 is 0. The van der Waals surface area contributed by atoms with Gasteiger partial charge in [0, 0.05) is 11.6 Å². The van der Waals surface area contributed by atoms with E-state index in [1.54, 1.807) is 0 Å². The first-order valence-electron chi connectivity index (χ1n) is 6.99. The summed E-state index contributed by atoms with van der Waals surface area (Å²) in [6.07, 6.45) is 1.78. The summed E-state index contributed by atoms with van der Waals surface area (Å²) in [5, 5.41) is 10.4. The van der Waals surface area contributed by atoms with Crippen LogP contribution in [0.25, 0.3) is 0 Å². The molecule has 0 spiro atoms. The van der Waals surface area contributed by atoms with E-state index in [2.05, 4.69) is 32.0 Å². The fraction of sp³-hybridized carbons (Fsp3) is 0.333. The lowest BCUT2D eigenvalue weighted by Gasteiger charge is -2.15. The number of aryl methyl sites for hydroxylation is 2. The van der Waals surface area contributed by atoms with Gasteiger partial charge in [0.15, 0.2) is 0 Å². The average Bonchev–Trinajstić information content (AvgIpc) is 2.39. The van der Waals surface area contributed by atoms with Crippen molar-refractivity contribution in [2.24, 2.45) is 5.92 Å².